The first-order valence-electron chi connectivity index (χ1n) is 11.8. The highest BCUT2D eigenvalue weighted by molar-refractivity contribution is 5.97. The van der Waals surface area contributed by atoms with E-state index in [1.54, 1.807) is 12.2 Å². The third kappa shape index (κ3) is 6.16. The maximum absolute atomic E-state index is 13.7. The first-order chi connectivity index (χ1) is 15.0. The van der Waals surface area contributed by atoms with E-state index in [-0.39, 0.29) is 11.7 Å². The van der Waals surface area contributed by atoms with Crippen LogP contribution in [0.2, 0.25) is 0 Å². The molecule has 1 aliphatic heterocycles. The van der Waals surface area contributed by atoms with E-state index in [9.17, 15) is 9.18 Å². The summed E-state index contributed by atoms with van der Waals surface area (Å²) in [6.07, 6.45) is 14.0. The second kappa shape index (κ2) is 9.95. The fourth-order valence-electron chi connectivity index (χ4n) is 4.90. The Bertz CT molecular complexity index is 879. The first-order valence-corrected chi connectivity index (χ1v) is 11.8. The van der Waals surface area contributed by atoms with Crippen molar-refractivity contribution in [3.63, 3.8) is 0 Å². The summed E-state index contributed by atoms with van der Waals surface area (Å²) in [5.74, 6) is 1.32. The summed E-state index contributed by atoms with van der Waals surface area (Å²) in [6, 6.07) is 4.42. The van der Waals surface area contributed by atoms with Crippen LogP contribution in [0.3, 0.4) is 0 Å². The van der Waals surface area contributed by atoms with E-state index in [2.05, 4.69) is 42.3 Å². The van der Waals surface area contributed by atoms with E-state index in [1.165, 1.54) is 18.4 Å². The minimum absolute atomic E-state index is 0.0786. The molecule has 1 saturated heterocycles. The van der Waals surface area contributed by atoms with Crippen LogP contribution in [0.25, 0.3) is 0 Å². The van der Waals surface area contributed by atoms with Crippen LogP contribution in [-0.2, 0) is 6.42 Å². The number of rotatable bonds is 7. The van der Waals surface area contributed by atoms with Crippen molar-refractivity contribution in [1.82, 2.24) is 10.2 Å². The third-order valence-electron chi connectivity index (χ3n) is 6.81. The highest BCUT2D eigenvalue weighted by atomic mass is 19.1. The number of aryl methyl sites for hydroxylation is 2. The zero-order chi connectivity index (χ0) is 21.8. The molecular weight excluding hydrogens is 387 g/mol. The SMILES string of the molecule is Cc1cc(CC2CCN(CC3=CC(F)=CCC=C3)CC2)cc(C)c1C(=O)NCC1CC1. The number of hydrogen-bond donors (Lipinski definition) is 1. The average Bonchev–Trinajstić information content (AvgIpc) is 3.56. The summed E-state index contributed by atoms with van der Waals surface area (Å²) in [5.41, 5.74) is 5.43. The van der Waals surface area contributed by atoms with Crippen LogP contribution in [0.1, 0.15) is 59.2 Å². The van der Waals surface area contributed by atoms with Crippen LogP contribution >= 0.6 is 0 Å². The average molecular weight is 423 g/mol. The Balaban J connectivity index is 1.30. The predicted molar refractivity (Wildman–Crippen MR) is 125 cm³/mol. The van der Waals surface area contributed by atoms with Gasteiger partial charge in [0.2, 0.25) is 0 Å². The molecule has 4 rings (SSSR count). The van der Waals surface area contributed by atoms with Gasteiger partial charge in [-0.1, -0.05) is 24.3 Å². The van der Waals surface area contributed by atoms with Gasteiger partial charge >= 0.3 is 0 Å². The van der Waals surface area contributed by atoms with Gasteiger partial charge in [-0.2, -0.15) is 0 Å². The van der Waals surface area contributed by atoms with Crippen LogP contribution in [-0.4, -0.2) is 37.0 Å². The third-order valence-corrected chi connectivity index (χ3v) is 6.81. The van der Waals surface area contributed by atoms with Gasteiger partial charge in [0, 0.05) is 18.7 Å². The van der Waals surface area contributed by atoms with Gasteiger partial charge in [0.15, 0.2) is 0 Å². The molecule has 0 aromatic heterocycles. The van der Waals surface area contributed by atoms with Gasteiger partial charge < -0.3 is 5.32 Å². The number of nitrogens with one attached hydrogen (secondary N) is 1. The Labute approximate surface area is 186 Å². The van der Waals surface area contributed by atoms with Crippen LogP contribution in [0.15, 0.2) is 47.8 Å². The lowest BCUT2D eigenvalue weighted by molar-refractivity contribution is 0.0950. The van der Waals surface area contributed by atoms with Crippen molar-refractivity contribution in [3.05, 3.63) is 70.1 Å². The molecule has 2 fully saturated rings. The number of piperidine rings is 1. The smallest absolute Gasteiger partial charge is 0.251 e. The Kier molecular flexibility index (Phi) is 7.06. The highest BCUT2D eigenvalue weighted by Crippen LogP contribution is 2.28. The van der Waals surface area contributed by atoms with E-state index < -0.39 is 0 Å². The number of benzene rings is 1. The van der Waals surface area contributed by atoms with Gasteiger partial charge in [-0.15, -0.1) is 0 Å². The molecule has 1 aromatic carbocycles. The minimum atomic E-state index is -0.120. The van der Waals surface area contributed by atoms with Gasteiger partial charge in [0.25, 0.3) is 5.91 Å². The summed E-state index contributed by atoms with van der Waals surface area (Å²) >= 11 is 0. The molecule has 0 radical (unpaired) electrons. The Morgan fingerprint density at radius 1 is 1.10 bits per heavy atom. The molecular formula is C27H35FN2O. The van der Waals surface area contributed by atoms with Gasteiger partial charge in [-0.05, 0) is 112 Å². The second-order valence-electron chi connectivity index (χ2n) is 9.63. The molecule has 4 heteroatoms. The molecule has 1 N–H and O–H groups in total. The van der Waals surface area contributed by atoms with Crippen molar-refractivity contribution >= 4 is 5.91 Å². The van der Waals surface area contributed by atoms with Crippen molar-refractivity contribution < 1.29 is 9.18 Å². The molecule has 1 amide bonds. The highest BCUT2D eigenvalue weighted by Gasteiger charge is 2.24. The Hall–Kier alpha value is -2.20. The number of amides is 1. The van der Waals surface area contributed by atoms with E-state index in [0.717, 1.165) is 67.7 Å². The fraction of sp³-hybridized carbons (Fsp3) is 0.519. The van der Waals surface area contributed by atoms with Crippen molar-refractivity contribution in [2.45, 2.75) is 52.4 Å². The lowest BCUT2D eigenvalue weighted by Crippen LogP contribution is -2.35. The minimum Gasteiger partial charge on any atom is -0.352 e. The lowest BCUT2D eigenvalue weighted by atomic mass is 9.87. The summed E-state index contributed by atoms with van der Waals surface area (Å²) in [5, 5.41) is 3.11. The Morgan fingerprint density at radius 3 is 2.48 bits per heavy atom. The van der Waals surface area contributed by atoms with Gasteiger partial charge in [-0.3, -0.25) is 9.69 Å². The predicted octanol–water partition coefficient (Wildman–Crippen LogP) is 5.44. The van der Waals surface area contributed by atoms with E-state index in [1.807, 2.05) is 6.08 Å². The number of carbonyl (C=O) groups is 1. The van der Waals surface area contributed by atoms with E-state index >= 15 is 0 Å². The van der Waals surface area contributed by atoms with Crippen LogP contribution < -0.4 is 5.32 Å². The molecule has 1 saturated carbocycles. The second-order valence-corrected chi connectivity index (χ2v) is 9.63. The molecule has 0 unspecified atom stereocenters. The zero-order valence-corrected chi connectivity index (χ0v) is 18.9. The van der Waals surface area contributed by atoms with Crippen LogP contribution in [0.4, 0.5) is 4.39 Å². The number of carbonyl (C=O) groups excluding carboxylic acids is 1. The number of nitrogens with zero attached hydrogens (tertiary/aromatic N) is 1. The van der Waals surface area contributed by atoms with Crippen molar-refractivity contribution in [2.24, 2.45) is 11.8 Å². The number of allylic oxidation sites excluding steroid dienone is 4. The van der Waals surface area contributed by atoms with Gasteiger partial charge in [-0.25, -0.2) is 4.39 Å². The summed E-state index contributed by atoms with van der Waals surface area (Å²) in [6.45, 7) is 7.88. The molecule has 2 aliphatic carbocycles. The first kappa shape index (κ1) is 22.0. The van der Waals surface area contributed by atoms with Gasteiger partial charge in [0.05, 0.1) is 0 Å². The summed E-state index contributed by atoms with van der Waals surface area (Å²) < 4.78 is 13.7. The van der Waals surface area contributed by atoms with E-state index in [0.29, 0.717) is 18.3 Å². The van der Waals surface area contributed by atoms with Gasteiger partial charge in [0.1, 0.15) is 5.83 Å². The normalized spacial score (nSPS) is 20.2. The zero-order valence-electron chi connectivity index (χ0n) is 18.9. The molecule has 166 valence electrons. The monoisotopic (exact) mass is 422 g/mol. The molecule has 3 nitrogen and oxygen atoms in total. The standard InChI is InChI=1S/C27H35FN2O/c1-19-13-24(14-20(2)26(19)27(31)29-17-22-7-8-22)15-21-9-11-30(12-10-21)18-23-5-3-4-6-25(28)16-23/h3,5-6,13-14,16,21-22H,4,7-12,15,17-18H2,1-2H3,(H,29,31). The Morgan fingerprint density at radius 2 is 1.81 bits per heavy atom. The fourth-order valence-corrected chi connectivity index (χ4v) is 4.90. The largest absolute Gasteiger partial charge is 0.352 e. The van der Waals surface area contributed by atoms with Crippen LogP contribution in [0, 0.1) is 25.7 Å². The maximum Gasteiger partial charge on any atom is 0.251 e. The van der Waals surface area contributed by atoms with E-state index in [4.69, 9.17) is 0 Å². The summed E-state index contributed by atoms with van der Waals surface area (Å²) in [4.78, 5) is 15.0. The van der Waals surface area contributed by atoms with Crippen molar-refractivity contribution in [1.29, 1.82) is 0 Å². The number of hydrogen-bond acceptors (Lipinski definition) is 2. The molecule has 0 bridgehead atoms. The number of halogens is 1. The molecule has 0 atom stereocenters. The molecule has 1 heterocycles. The molecule has 31 heavy (non-hydrogen) atoms. The summed E-state index contributed by atoms with van der Waals surface area (Å²) in [7, 11) is 0. The lowest BCUT2D eigenvalue weighted by Gasteiger charge is -2.32. The molecule has 3 aliphatic rings. The quantitative estimate of drug-likeness (QED) is 0.635. The van der Waals surface area contributed by atoms with Crippen molar-refractivity contribution in [3.8, 4) is 0 Å². The topological polar surface area (TPSA) is 32.3 Å². The molecule has 0 spiro atoms. The molecule has 1 aromatic rings. The van der Waals surface area contributed by atoms with Crippen LogP contribution in [0.5, 0.6) is 0 Å². The number of likely N-dealkylation sites (tertiary alicyclic amines) is 1. The maximum atomic E-state index is 13.7. The van der Waals surface area contributed by atoms with Crippen molar-refractivity contribution in [2.75, 3.05) is 26.2 Å².